The molecule has 0 unspecified atom stereocenters. The van der Waals surface area contributed by atoms with Crippen LogP contribution in [0.1, 0.15) is 58.3 Å². The number of rotatable bonds is 2. The molecule has 0 aliphatic heterocycles. The highest BCUT2D eigenvalue weighted by Gasteiger charge is 2.59. The van der Waals surface area contributed by atoms with Crippen molar-refractivity contribution < 1.29 is 9.90 Å². The first-order chi connectivity index (χ1) is 11.0. The lowest BCUT2D eigenvalue weighted by atomic mass is 9.47. The normalized spacial score (nSPS) is 49.0. The molecule has 3 heteroatoms. The number of carbonyl (C=O) groups is 1. The standard InChI is InChI=1S/C20H29NO2/c1-19-9-8-17-15(16(19)5-6-18(19)23)4-3-13-11-14(22)7-10-20(13,17)12-21-2/h11,15-18,23H,2-10,12H2,1H3/t15-,16-,17-,18-,19-,20+/m0/s1. The molecule has 3 nitrogen and oxygen atoms in total. The molecular weight excluding hydrogens is 286 g/mol. The zero-order chi connectivity index (χ0) is 16.2. The summed E-state index contributed by atoms with van der Waals surface area (Å²) >= 11 is 0. The molecule has 0 amide bonds. The summed E-state index contributed by atoms with van der Waals surface area (Å²) in [5, 5.41) is 10.5. The number of ketones is 1. The van der Waals surface area contributed by atoms with Gasteiger partial charge >= 0.3 is 0 Å². The van der Waals surface area contributed by atoms with Crippen LogP contribution in [0.2, 0.25) is 0 Å². The maximum atomic E-state index is 11.9. The molecule has 23 heavy (non-hydrogen) atoms. The molecule has 126 valence electrons. The van der Waals surface area contributed by atoms with Crippen LogP contribution >= 0.6 is 0 Å². The Balaban J connectivity index is 1.72. The van der Waals surface area contributed by atoms with Gasteiger partial charge in [0.1, 0.15) is 0 Å². The first kappa shape index (κ1) is 15.6. The molecule has 4 aliphatic rings. The SMILES string of the molecule is C=NC[C@]12CCC(=O)C=C1CC[C@@H]1[C@@H]2CC[C@]2(C)[C@@H](O)CC[C@@H]12. The summed E-state index contributed by atoms with van der Waals surface area (Å²) < 4.78 is 0. The van der Waals surface area contributed by atoms with Crippen LogP contribution in [0, 0.1) is 28.6 Å². The van der Waals surface area contributed by atoms with Crippen LogP contribution in [0.4, 0.5) is 0 Å². The van der Waals surface area contributed by atoms with Gasteiger partial charge in [-0.2, -0.15) is 0 Å². The smallest absolute Gasteiger partial charge is 0.155 e. The van der Waals surface area contributed by atoms with E-state index in [2.05, 4.69) is 18.6 Å². The van der Waals surface area contributed by atoms with E-state index in [0.717, 1.165) is 32.2 Å². The van der Waals surface area contributed by atoms with Crippen molar-refractivity contribution in [3.63, 3.8) is 0 Å². The number of aliphatic imine (C=N–C) groups is 1. The van der Waals surface area contributed by atoms with Gasteiger partial charge in [-0.1, -0.05) is 12.5 Å². The van der Waals surface area contributed by atoms with Crippen LogP contribution in [-0.2, 0) is 4.79 Å². The Morgan fingerprint density at radius 1 is 1.22 bits per heavy atom. The fourth-order valence-corrected chi connectivity index (χ4v) is 6.83. The van der Waals surface area contributed by atoms with Crippen LogP contribution in [0.15, 0.2) is 16.6 Å². The van der Waals surface area contributed by atoms with E-state index in [1.807, 2.05) is 6.08 Å². The van der Waals surface area contributed by atoms with Gasteiger partial charge in [0, 0.05) is 18.4 Å². The Morgan fingerprint density at radius 3 is 2.83 bits per heavy atom. The van der Waals surface area contributed by atoms with E-state index in [1.54, 1.807) is 0 Å². The number of carbonyl (C=O) groups excluding carboxylic acids is 1. The molecule has 0 spiro atoms. The summed E-state index contributed by atoms with van der Waals surface area (Å²) in [7, 11) is 0. The van der Waals surface area contributed by atoms with Crippen LogP contribution in [0.5, 0.6) is 0 Å². The van der Waals surface area contributed by atoms with Gasteiger partial charge in [0.2, 0.25) is 0 Å². The van der Waals surface area contributed by atoms with Crippen molar-refractivity contribution in [3.05, 3.63) is 11.6 Å². The van der Waals surface area contributed by atoms with Gasteiger partial charge in [0.05, 0.1) is 6.10 Å². The number of aliphatic hydroxyl groups excluding tert-OH is 1. The van der Waals surface area contributed by atoms with Crippen molar-refractivity contribution in [2.24, 2.45) is 33.6 Å². The van der Waals surface area contributed by atoms with Crippen LogP contribution in [0.3, 0.4) is 0 Å². The number of hydrogen-bond donors (Lipinski definition) is 1. The largest absolute Gasteiger partial charge is 0.393 e. The summed E-state index contributed by atoms with van der Waals surface area (Å²) in [5.41, 5.74) is 1.58. The Labute approximate surface area is 139 Å². The van der Waals surface area contributed by atoms with E-state index >= 15 is 0 Å². The Bertz CT molecular complexity index is 568. The Morgan fingerprint density at radius 2 is 2.04 bits per heavy atom. The Hall–Kier alpha value is -0.960. The van der Waals surface area contributed by atoms with Crippen LogP contribution < -0.4 is 0 Å². The molecular formula is C20H29NO2. The molecule has 1 N–H and O–H groups in total. The van der Waals surface area contributed by atoms with Crippen LogP contribution in [0.25, 0.3) is 0 Å². The first-order valence-corrected chi connectivity index (χ1v) is 9.36. The van der Waals surface area contributed by atoms with Crippen LogP contribution in [-0.4, -0.2) is 30.3 Å². The second-order valence-electron chi connectivity index (χ2n) is 8.73. The van der Waals surface area contributed by atoms with Gasteiger partial charge in [-0.3, -0.25) is 4.79 Å². The van der Waals surface area contributed by atoms with E-state index in [0.29, 0.717) is 30.0 Å². The Kier molecular flexibility index (Phi) is 3.57. The van der Waals surface area contributed by atoms with Crippen molar-refractivity contribution in [2.45, 2.75) is 64.4 Å². The van der Waals surface area contributed by atoms with Crippen molar-refractivity contribution >= 4 is 12.5 Å². The highest BCUT2D eigenvalue weighted by Crippen LogP contribution is 2.65. The molecule has 0 saturated heterocycles. The lowest BCUT2D eigenvalue weighted by Gasteiger charge is -2.58. The number of nitrogens with zero attached hydrogens (tertiary/aromatic N) is 1. The minimum Gasteiger partial charge on any atom is -0.393 e. The fraction of sp³-hybridized carbons (Fsp3) is 0.800. The zero-order valence-corrected chi connectivity index (χ0v) is 14.3. The van der Waals surface area contributed by atoms with E-state index in [4.69, 9.17) is 0 Å². The van der Waals surface area contributed by atoms with Gasteiger partial charge in [-0.25, -0.2) is 0 Å². The lowest BCUT2D eigenvalue weighted by molar-refractivity contribution is -0.118. The van der Waals surface area contributed by atoms with Crippen molar-refractivity contribution in [1.29, 1.82) is 0 Å². The van der Waals surface area contributed by atoms with Crippen molar-refractivity contribution in [3.8, 4) is 0 Å². The summed E-state index contributed by atoms with van der Waals surface area (Å²) in [4.78, 5) is 16.3. The van der Waals surface area contributed by atoms with E-state index in [-0.39, 0.29) is 16.9 Å². The topological polar surface area (TPSA) is 49.7 Å². The third-order valence-electron chi connectivity index (χ3n) is 8.03. The molecule has 0 aromatic carbocycles. The van der Waals surface area contributed by atoms with Gasteiger partial charge in [-0.15, -0.1) is 0 Å². The second-order valence-corrected chi connectivity index (χ2v) is 8.73. The maximum absolute atomic E-state index is 11.9. The molecule has 0 heterocycles. The highest BCUT2D eigenvalue weighted by atomic mass is 16.3. The lowest BCUT2D eigenvalue weighted by Crippen LogP contribution is -2.53. The second kappa shape index (κ2) is 5.27. The molecule has 4 rings (SSSR count). The summed E-state index contributed by atoms with van der Waals surface area (Å²) in [6.45, 7) is 6.88. The molecule has 0 aromatic rings. The van der Waals surface area contributed by atoms with E-state index < -0.39 is 0 Å². The van der Waals surface area contributed by atoms with Gasteiger partial charge < -0.3 is 10.1 Å². The van der Waals surface area contributed by atoms with E-state index in [9.17, 15) is 9.90 Å². The molecule has 0 aromatic heterocycles. The predicted octanol–water partition coefficient (Wildman–Crippen LogP) is 3.56. The monoisotopic (exact) mass is 315 g/mol. The average Bonchev–Trinajstić information content (AvgIpc) is 2.84. The molecule has 0 radical (unpaired) electrons. The highest BCUT2D eigenvalue weighted by molar-refractivity contribution is 5.91. The predicted molar refractivity (Wildman–Crippen MR) is 91.5 cm³/mol. The van der Waals surface area contributed by atoms with Crippen molar-refractivity contribution in [1.82, 2.24) is 0 Å². The fourth-order valence-electron chi connectivity index (χ4n) is 6.83. The molecule has 6 atom stereocenters. The molecule has 3 saturated carbocycles. The summed E-state index contributed by atoms with van der Waals surface area (Å²) in [6, 6.07) is 0. The third kappa shape index (κ3) is 2.05. The first-order valence-electron chi connectivity index (χ1n) is 9.36. The molecule has 4 aliphatic carbocycles. The zero-order valence-electron chi connectivity index (χ0n) is 14.3. The summed E-state index contributed by atoms with van der Waals surface area (Å²) in [5.74, 6) is 2.27. The van der Waals surface area contributed by atoms with Crippen molar-refractivity contribution in [2.75, 3.05) is 6.54 Å². The van der Waals surface area contributed by atoms with Gasteiger partial charge in [0.25, 0.3) is 0 Å². The minimum atomic E-state index is -0.119. The third-order valence-corrected chi connectivity index (χ3v) is 8.03. The minimum absolute atomic E-state index is 0.0907. The summed E-state index contributed by atoms with van der Waals surface area (Å²) in [6.07, 6.45) is 10.1. The number of hydrogen-bond acceptors (Lipinski definition) is 3. The number of aliphatic hydroxyl groups is 1. The number of fused-ring (bicyclic) bond motifs is 5. The van der Waals surface area contributed by atoms with E-state index in [1.165, 1.54) is 24.8 Å². The quantitative estimate of drug-likeness (QED) is 0.792. The van der Waals surface area contributed by atoms with Gasteiger partial charge in [-0.05, 0) is 80.9 Å². The maximum Gasteiger partial charge on any atom is 0.155 e. The molecule has 0 bridgehead atoms. The molecule has 3 fully saturated rings. The average molecular weight is 315 g/mol. The van der Waals surface area contributed by atoms with Gasteiger partial charge in [0.15, 0.2) is 5.78 Å².